The zero-order chi connectivity index (χ0) is 16.5. The van der Waals surface area contributed by atoms with Gasteiger partial charge in [0.2, 0.25) is 5.91 Å². The highest BCUT2D eigenvalue weighted by Gasteiger charge is 2.40. The maximum atomic E-state index is 12.8. The number of rotatable bonds is 2. The number of amides is 1. The number of phenolic OH excluding ortho intramolecular Hbond substituents is 1. The molecule has 1 amide bonds. The van der Waals surface area contributed by atoms with Crippen molar-refractivity contribution in [2.75, 3.05) is 31.1 Å². The van der Waals surface area contributed by atoms with E-state index in [0.29, 0.717) is 17.7 Å². The van der Waals surface area contributed by atoms with Crippen LogP contribution in [0.5, 0.6) is 5.75 Å². The second-order valence-electron chi connectivity index (χ2n) is 7.41. The first kappa shape index (κ1) is 18.3. The van der Waals surface area contributed by atoms with Gasteiger partial charge in [0.05, 0.1) is 11.7 Å². The van der Waals surface area contributed by atoms with Gasteiger partial charge in [0.25, 0.3) is 0 Å². The van der Waals surface area contributed by atoms with Gasteiger partial charge >= 0.3 is 0 Å². The summed E-state index contributed by atoms with van der Waals surface area (Å²) in [6.45, 7) is 3.03. The van der Waals surface area contributed by atoms with Crippen molar-refractivity contribution in [1.82, 2.24) is 10.2 Å². The molecule has 138 valence electrons. The van der Waals surface area contributed by atoms with E-state index in [1.54, 1.807) is 6.07 Å². The van der Waals surface area contributed by atoms with E-state index in [2.05, 4.69) is 10.2 Å². The molecule has 0 spiro atoms. The first-order valence-corrected chi connectivity index (χ1v) is 9.30. The monoisotopic (exact) mass is 365 g/mol. The van der Waals surface area contributed by atoms with Crippen LogP contribution in [-0.2, 0) is 4.79 Å². The van der Waals surface area contributed by atoms with Gasteiger partial charge in [-0.15, -0.1) is 12.4 Å². The van der Waals surface area contributed by atoms with Crippen LogP contribution in [0.1, 0.15) is 32.1 Å². The highest BCUT2D eigenvalue weighted by molar-refractivity contribution is 5.85. The van der Waals surface area contributed by atoms with Crippen LogP contribution in [0.4, 0.5) is 5.69 Å². The van der Waals surface area contributed by atoms with E-state index in [0.717, 1.165) is 38.3 Å². The highest BCUT2D eigenvalue weighted by Crippen LogP contribution is 2.34. The van der Waals surface area contributed by atoms with Crippen molar-refractivity contribution in [1.29, 1.82) is 0 Å². The Balaban J connectivity index is 0.00000182. The van der Waals surface area contributed by atoms with E-state index in [1.165, 1.54) is 25.7 Å². The maximum absolute atomic E-state index is 12.8. The van der Waals surface area contributed by atoms with E-state index in [4.69, 9.17) is 0 Å². The summed E-state index contributed by atoms with van der Waals surface area (Å²) in [4.78, 5) is 17.0. The topological polar surface area (TPSA) is 55.8 Å². The van der Waals surface area contributed by atoms with Crippen LogP contribution in [0.25, 0.3) is 0 Å². The van der Waals surface area contributed by atoms with Crippen LogP contribution in [0.3, 0.4) is 0 Å². The fourth-order valence-corrected chi connectivity index (χ4v) is 4.63. The summed E-state index contributed by atoms with van der Waals surface area (Å²) >= 11 is 0. The Labute approximate surface area is 155 Å². The number of para-hydroxylation sites is 2. The predicted molar refractivity (Wildman–Crippen MR) is 101 cm³/mol. The number of hydrogen-bond acceptors (Lipinski definition) is 4. The molecule has 3 aliphatic rings. The third-order valence-corrected chi connectivity index (χ3v) is 5.97. The molecule has 25 heavy (non-hydrogen) atoms. The number of carbonyl (C=O) groups excluding carboxylic acids is 1. The van der Waals surface area contributed by atoms with Crippen molar-refractivity contribution < 1.29 is 9.90 Å². The molecule has 5 nitrogen and oxygen atoms in total. The van der Waals surface area contributed by atoms with Crippen molar-refractivity contribution in [3.8, 4) is 5.75 Å². The Bertz CT molecular complexity index is 590. The molecule has 3 atom stereocenters. The zero-order valence-electron chi connectivity index (χ0n) is 14.6. The predicted octanol–water partition coefficient (Wildman–Crippen LogP) is 2.38. The van der Waals surface area contributed by atoms with Crippen LogP contribution in [0.15, 0.2) is 24.3 Å². The number of hydrogen-bond donors (Lipinski definition) is 2. The SMILES string of the molecule is Cl.O=C(C1CC2CCCCC2N1)N1CCN(c2ccccc2O)CC1. The molecule has 1 saturated carbocycles. The first-order valence-electron chi connectivity index (χ1n) is 9.30. The normalized spacial score (nSPS) is 29.0. The minimum Gasteiger partial charge on any atom is -0.506 e. The number of nitrogens with zero attached hydrogens (tertiary/aromatic N) is 2. The van der Waals surface area contributed by atoms with Crippen molar-refractivity contribution in [3.63, 3.8) is 0 Å². The Morgan fingerprint density at radius 2 is 1.80 bits per heavy atom. The lowest BCUT2D eigenvalue weighted by Gasteiger charge is -2.37. The molecular weight excluding hydrogens is 338 g/mol. The standard InChI is InChI=1S/C19H27N3O2.ClH/c23-18-8-4-3-7-17(18)21-9-11-22(12-10-21)19(24)16-13-14-5-1-2-6-15(14)20-16;/h3-4,7-8,14-16,20,23H,1-2,5-6,9-13H2;1H. The lowest BCUT2D eigenvalue weighted by Crippen LogP contribution is -2.53. The van der Waals surface area contributed by atoms with Crippen LogP contribution < -0.4 is 10.2 Å². The van der Waals surface area contributed by atoms with Gasteiger partial charge in [0.1, 0.15) is 5.75 Å². The van der Waals surface area contributed by atoms with Crippen molar-refractivity contribution in [2.45, 2.75) is 44.2 Å². The fraction of sp³-hybridized carbons (Fsp3) is 0.632. The number of anilines is 1. The molecular formula is C19H28ClN3O2. The number of phenols is 1. The molecule has 2 N–H and O–H groups in total. The molecule has 2 aliphatic heterocycles. The lowest BCUT2D eigenvalue weighted by atomic mass is 9.85. The summed E-state index contributed by atoms with van der Waals surface area (Å²) in [6, 6.07) is 8.03. The van der Waals surface area contributed by atoms with E-state index < -0.39 is 0 Å². The minimum atomic E-state index is 0. The molecule has 1 aromatic rings. The van der Waals surface area contributed by atoms with Crippen LogP contribution in [-0.4, -0.2) is 54.2 Å². The van der Waals surface area contributed by atoms with Gasteiger partial charge < -0.3 is 20.2 Å². The molecule has 3 fully saturated rings. The third kappa shape index (κ3) is 3.72. The molecule has 1 aromatic carbocycles. The second-order valence-corrected chi connectivity index (χ2v) is 7.41. The maximum Gasteiger partial charge on any atom is 0.239 e. The molecule has 0 bridgehead atoms. The van der Waals surface area contributed by atoms with E-state index in [-0.39, 0.29) is 24.4 Å². The number of carbonyl (C=O) groups is 1. The minimum absolute atomic E-state index is 0. The molecule has 0 radical (unpaired) electrons. The fourth-order valence-electron chi connectivity index (χ4n) is 4.63. The third-order valence-electron chi connectivity index (χ3n) is 5.97. The van der Waals surface area contributed by atoms with Crippen molar-refractivity contribution in [3.05, 3.63) is 24.3 Å². The second kappa shape index (κ2) is 7.83. The summed E-state index contributed by atoms with van der Waals surface area (Å²) in [5.41, 5.74) is 0.870. The van der Waals surface area contributed by atoms with Gasteiger partial charge in [-0.2, -0.15) is 0 Å². The number of fused-ring (bicyclic) bond motifs is 1. The summed E-state index contributed by atoms with van der Waals surface area (Å²) in [5.74, 6) is 1.30. The van der Waals surface area contributed by atoms with Gasteiger partial charge in [0, 0.05) is 32.2 Å². The average molecular weight is 366 g/mol. The molecule has 2 saturated heterocycles. The summed E-state index contributed by atoms with van der Waals surface area (Å²) in [7, 11) is 0. The Morgan fingerprint density at radius 1 is 1.08 bits per heavy atom. The Morgan fingerprint density at radius 3 is 2.52 bits per heavy atom. The first-order chi connectivity index (χ1) is 11.7. The largest absolute Gasteiger partial charge is 0.506 e. The van der Waals surface area contributed by atoms with Crippen molar-refractivity contribution >= 4 is 24.0 Å². The number of benzene rings is 1. The Hall–Kier alpha value is -1.46. The van der Waals surface area contributed by atoms with Crippen LogP contribution in [0, 0.1) is 5.92 Å². The van der Waals surface area contributed by atoms with Gasteiger partial charge in [0.15, 0.2) is 0 Å². The number of halogens is 1. The molecule has 1 aliphatic carbocycles. The van der Waals surface area contributed by atoms with Crippen molar-refractivity contribution in [2.24, 2.45) is 5.92 Å². The zero-order valence-corrected chi connectivity index (χ0v) is 15.4. The average Bonchev–Trinajstić information content (AvgIpc) is 3.06. The van der Waals surface area contributed by atoms with Gasteiger partial charge in [-0.05, 0) is 37.3 Å². The lowest BCUT2D eigenvalue weighted by molar-refractivity contribution is -0.133. The molecule has 0 aromatic heterocycles. The molecule has 2 heterocycles. The Kier molecular flexibility index (Phi) is 5.74. The number of aromatic hydroxyl groups is 1. The van der Waals surface area contributed by atoms with E-state index in [1.807, 2.05) is 23.1 Å². The molecule has 6 heteroatoms. The summed E-state index contributed by atoms with van der Waals surface area (Å²) in [5, 5.41) is 13.6. The van der Waals surface area contributed by atoms with Crippen LogP contribution in [0.2, 0.25) is 0 Å². The van der Waals surface area contributed by atoms with Gasteiger partial charge in [-0.1, -0.05) is 25.0 Å². The summed E-state index contributed by atoms with van der Waals surface area (Å²) in [6.07, 6.45) is 6.15. The molecule has 3 unspecified atom stereocenters. The van der Waals surface area contributed by atoms with E-state index >= 15 is 0 Å². The summed E-state index contributed by atoms with van der Waals surface area (Å²) < 4.78 is 0. The molecule has 4 rings (SSSR count). The smallest absolute Gasteiger partial charge is 0.239 e. The quantitative estimate of drug-likeness (QED) is 0.845. The van der Waals surface area contributed by atoms with Gasteiger partial charge in [-0.3, -0.25) is 4.79 Å². The van der Waals surface area contributed by atoms with Crippen LogP contribution >= 0.6 is 12.4 Å². The van der Waals surface area contributed by atoms with E-state index in [9.17, 15) is 9.90 Å². The highest BCUT2D eigenvalue weighted by atomic mass is 35.5. The number of nitrogens with one attached hydrogen (secondary N) is 1. The van der Waals surface area contributed by atoms with Gasteiger partial charge in [-0.25, -0.2) is 0 Å². The number of piperazine rings is 1.